The van der Waals surface area contributed by atoms with Crippen molar-refractivity contribution in [3.63, 3.8) is 0 Å². The van der Waals surface area contributed by atoms with Crippen molar-refractivity contribution >= 4 is 21.2 Å². The van der Waals surface area contributed by atoms with Gasteiger partial charge in [-0.05, 0) is 55.0 Å². The Labute approximate surface area is 106 Å². The Morgan fingerprint density at radius 2 is 1.44 bits per heavy atom. The Morgan fingerprint density at radius 1 is 0.833 bits per heavy atom. The van der Waals surface area contributed by atoms with Gasteiger partial charge >= 0.3 is 0 Å². The largest absolute Gasteiger partial charge is 0.399 e. The van der Waals surface area contributed by atoms with Crippen molar-refractivity contribution in [1.29, 1.82) is 0 Å². The van der Waals surface area contributed by atoms with E-state index in [2.05, 4.69) is 0 Å². The highest BCUT2D eigenvalue weighted by Crippen LogP contribution is 2.24. The van der Waals surface area contributed by atoms with E-state index in [0.717, 1.165) is 5.56 Å². The quantitative estimate of drug-likeness (QED) is 0.810. The molecule has 0 radical (unpaired) electrons. The topological polar surface area (TPSA) is 86.2 Å². The normalized spacial score (nSPS) is 11.4. The van der Waals surface area contributed by atoms with E-state index in [4.69, 9.17) is 11.5 Å². The molecule has 0 saturated heterocycles. The average molecular weight is 262 g/mol. The predicted octanol–water partition coefficient (Wildman–Crippen LogP) is 1.99. The summed E-state index contributed by atoms with van der Waals surface area (Å²) >= 11 is 0. The van der Waals surface area contributed by atoms with E-state index in [1.165, 1.54) is 18.2 Å². The summed E-state index contributed by atoms with van der Waals surface area (Å²) in [6.45, 7) is 1.80. The highest BCUT2D eigenvalue weighted by atomic mass is 32.2. The molecule has 0 heterocycles. The summed E-state index contributed by atoms with van der Waals surface area (Å²) in [6.07, 6.45) is 0. The molecule has 0 spiro atoms. The third kappa shape index (κ3) is 2.31. The second-order valence-corrected chi connectivity index (χ2v) is 6.10. The number of anilines is 2. The number of hydrogen-bond donors (Lipinski definition) is 2. The summed E-state index contributed by atoms with van der Waals surface area (Å²) in [5, 5.41) is 0. The fraction of sp³-hybridized carbons (Fsp3) is 0.0769. The van der Waals surface area contributed by atoms with Crippen LogP contribution < -0.4 is 11.5 Å². The van der Waals surface area contributed by atoms with Crippen LogP contribution in [-0.4, -0.2) is 8.42 Å². The van der Waals surface area contributed by atoms with Gasteiger partial charge in [-0.15, -0.1) is 0 Å². The molecule has 0 amide bonds. The second-order valence-electron chi connectivity index (χ2n) is 4.15. The lowest BCUT2D eigenvalue weighted by molar-refractivity contribution is 0.596. The maximum Gasteiger partial charge on any atom is 0.206 e. The Kier molecular flexibility index (Phi) is 3.00. The molecule has 2 aromatic carbocycles. The lowest BCUT2D eigenvalue weighted by Gasteiger charge is -2.07. The summed E-state index contributed by atoms with van der Waals surface area (Å²) in [6, 6.07) is 10.9. The number of benzene rings is 2. The van der Waals surface area contributed by atoms with E-state index in [-0.39, 0.29) is 9.79 Å². The average Bonchev–Trinajstić information content (AvgIpc) is 2.28. The second kappa shape index (κ2) is 4.34. The van der Waals surface area contributed by atoms with Gasteiger partial charge < -0.3 is 11.5 Å². The molecule has 4 N–H and O–H groups in total. The van der Waals surface area contributed by atoms with Gasteiger partial charge in [0.15, 0.2) is 0 Å². The van der Waals surface area contributed by atoms with Gasteiger partial charge in [-0.2, -0.15) is 0 Å². The maximum absolute atomic E-state index is 12.4. The Hall–Kier alpha value is -2.01. The van der Waals surface area contributed by atoms with Crippen LogP contribution in [-0.2, 0) is 9.84 Å². The zero-order valence-corrected chi connectivity index (χ0v) is 10.7. The molecule has 18 heavy (non-hydrogen) atoms. The minimum Gasteiger partial charge on any atom is -0.399 e. The standard InChI is InChI=1S/C13H14N2O2S/c1-9-6-11(15)8-13(7-9)18(16,17)12-4-2-10(14)3-5-12/h2-8H,14-15H2,1H3. The summed E-state index contributed by atoms with van der Waals surface area (Å²) < 4.78 is 24.7. The molecule has 0 aromatic heterocycles. The van der Waals surface area contributed by atoms with Crippen LogP contribution in [0.4, 0.5) is 11.4 Å². The Bertz CT molecular complexity index is 656. The third-order valence-electron chi connectivity index (χ3n) is 2.57. The van der Waals surface area contributed by atoms with E-state index in [1.54, 1.807) is 31.2 Å². The SMILES string of the molecule is Cc1cc(N)cc(S(=O)(=O)c2ccc(N)cc2)c1. The van der Waals surface area contributed by atoms with Gasteiger partial charge in [0.1, 0.15) is 0 Å². The highest BCUT2D eigenvalue weighted by Gasteiger charge is 2.18. The van der Waals surface area contributed by atoms with Gasteiger partial charge in [0.25, 0.3) is 0 Å². The third-order valence-corrected chi connectivity index (χ3v) is 4.32. The molecular formula is C13H14N2O2S. The Balaban J connectivity index is 2.57. The van der Waals surface area contributed by atoms with Crippen LogP contribution in [0.2, 0.25) is 0 Å². The molecule has 94 valence electrons. The molecule has 0 bridgehead atoms. The minimum absolute atomic E-state index is 0.199. The zero-order chi connectivity index (χ0) is 13.3. The number of nitrogens with two attached hydrogens (primary N) is 2. The monoisotopic (exact) mass is 262 g/mol. The summed E-state index contributed by atoms with van der Waals surface area (Å²) in [7, 11) is -3.54. The fourth-order valence-corrected chi connectivity index (χ4v) is 3.11. The Morgan fingerprint density at radius 3 is 2.00 bits per heavy atom. The van der Waals surface area contributed by atoms with Gasteiger partial charge in [0, 0.05) is 11.4 Å². The molecule has 0 aliphatic heterocycles. The number of sulfone groups is 1. The van der Waals surface area contributed by atoms with E-state index in [0.29, 0.717) is 11.4 Å². The van der Waals surface area contributed by atoms with Crippen molar-refractivity contribution in [2.24, 2.45) is 0 Å². The molecule has 4 nitrogen and oxygen atoms in total. The first-order valence-electron chi connectivity index (χ1n) is 5.37. The molecule has 2 aromatic rings. The van der Waals surface area contributed by atoms with Crippen LogP contribution in [0.1, 0.15) is 5.56 Å². The molecule has 0 aliphatic rings. The number of nitrogen functional groups attached to an aromatic ring is 2. The molecule has 0 unspecified atom stereocenters. The molecular weight excluding hydrogens is 248 g/mol. The number of aryl methyl sites for hydroxylation is 1. The molecule has 0 saturated carbocycles. The summed E-state index contributed by atoms with van der Waals surface area (Å²) in [5.41, 5.74) is 13.0. The van der Waals surface area contributed by atoms with Crippen LogP contribution >= 0.6 is 0 Å². The first kappa shape index (κ1) is 12.4. The van der Waals surface area contributed by atoms with Crippen LogP contribution in [0.3, 0.4) is 0 Å². The molecule has 0 fully saturated rings. The molecule has 2 rings (SSSR count). The first-order valence-corrected chi connectivity index (χ1v) is 6.86. The van der Waals surface area contributed by atoms with E-state index < -0.39 is 9.84 Å². The smallest absolute Gasteiger partial charge is 0.206 e. The number of hydrogen-bond acceptors (Lipinski definition) is 4. The van der Waals surface area contributed by atoms with E-state index in [9.17, 15) is 8.42 Å². The van der Waals surface area contributed by atoms with Crippen molar-refractivity contribution in [3.8, 4) is 0 Å². The maximum atomic E-state index is 12.4. The predicted molar refractivity (Wildman–Crippen MR) is 71.9 cm³/mol. The molecule has 0 atom stereocenters. The molecule has 0 aliphatic carbocycles. The lowest BCUT2D eigenvalue weighted by Crippen LogP contribution is -2.03. The van der Waals surface area contributed by atoms with E-state index >= 15 is 0 Å². The zero-order valence-electron chi connectivity index (χ0n) is 9.92. The van der Waals surface area contributed by atoms with Crippen LogP contribution in [0, 0.1) is 6.92 Å². The highest BCUT2D eigenvalue weighted by molar-refractivity contribution is 7.91. The first-order chi connectivity index (χ1) is 8.39. The van der Waals surface area contributed by atoms with Gasteiger partial charge in [-0.25, -0.2) is 8.42 Å². The summed E-state index contributed by atoms with van der Waals surface area (Å²) in [4.78, 5) is 0.409. The van der Waals surface area contributed by atoms with Crippen molar-refractivity contribution in [2.45, 2.75) is 16.7 Å². The van der Waals surface area contributed by atoms with Crippen LogP contribution in [0.15, 0.2) is 52.3 Å². The van der Waals surface area contributed by atoms with Crippen molar-refractivity contribution in [2.75, 3.05) is 11.5 Å². The van der Waals surface area contributed by atoms with Crippen molar-refractivity contribution in [3.05, 3.63) is 48.0 Å². The fourth-order valence-electron chi connectivity index (χ4n) is 1.71. The van der Waals surface area contributed by atoms with Crippen LogP contribution in [0.5, 0.6) is 0 Å². The van der Waals surface area contributed by atoms with Gasteiger partial charge in [-0.1, -0.05) is 0 Å². The van der Waals surface area contributed by atoms with E-state index in [1.807, 2.05) is 0 Å². The number of rotatable bonds is 2. The van der Waals surface area contributed by atoms with Crippen molar-refractivity contribution < 1.29 is 8.42 Å². The van der Waals surface area contributed by atoms with Crippen molar-refractivity contribution in [1.82, 2.24) is 0 Å². The van der Waals surface area contributed by atoms with Gasteiger partial charge in [0.05, 0.1) is 9.79 Å². The lowest BCUT2D eigenvalue weighted by atomic mass is 10.2. The molecule has 5 heteroatoms. The minimum atomic E-state index is -3.54. The van der Waals surface area contributed by atoms with Gasteiger partial charge in [0.2, 0.25) is 9.84 Å². The van der Waals surface area contributed by atoms with Gasteiger partial charge in [-0.3, -0.25) is 0 Å². The summed E-state index contributed by atoms with van der Waals surface area (Å²) in [5.74, 6) is 0. The van der Waals surface area contributed by atoms with Crippen LogP contribution in [0.25, 0.3) is 0 Å².